The Morgan fingerprint density at radius 3 is 3.00 bits per heavy atom. The van der Waals surface area contributed by atoms with Crippen LogP contribution in [-0.4, -0.2) is 11.1 Å². The lowest BCUT2D eigenvalue weighted by molar-refractivity contribution is 0.134. The van der Waals surface area contributed by atoms with Crippen LogP contribution in [0.1, 0.15) is 23.7 Å². The van der Waals surface area contributed by atoms with E-state index in [0.29, 0.717) is 5.02 Å². The molecule has 1 aliphatic carbocycles. The number of hydrogen-bond donors (Lipinski definition) is 2. The number of rotatable bonds is 0. The SMILES string of the molecule is N[C@@H]1CCc2ccc(Cl)cc2[C@H]1O. The second-order valence-electron chi connectivity index (χ2n) is 3.49. The smallest absolute Gasteiger partial charge is 0.0944 e. The average molecular weight is 198 g/mol. The first kappa shape index (κ1) is 9.00. The molecule has 0 spiro atoms. The van der Waals surface area contributed by atoms with E-state index in [2.05, 4.69) is 0 Å². The van der Waals surface area contributed by atoms with Gasteiger partial charge < -0.3 is 10.8 Å². The molecule has 2 nitrogen and oxygen atoms in total. The topological polar surface area (TPSA) is 46.2 Å². The minimum absolute atomic E-state index is 0.147. The molecule has 70 valence electrons. The highest BCUT2D eigenvalue weighted by Crippen LogP contribution is 2.30. The fourth-order valence-corrected chi connectivity index (χ4v) is 1.96. The molecule has 13 heavy (non-hydrogen) atoms. The zero-order chi connectivity index (χ0) is 9.42. The fourth-order valence-electron chi connectivity index (χ4n) is 1.78. The van der Waals surface area contributed by atoms with Crippen LogP contribution < -0.4 is 5.73 Å². The predicted octanol–water partition coefficient (Wildman–Crippen LogP) is 1.65. The van der Waals surface area contributed by atoms with E-state index in [-0.39, 0.29) is 6.04 Å². The van der Waals surface area contributed by atoms with Crippen molar-refractivity contribution in [1.29, 1.82) is 0 Å². The molecular formula is C10H12ClNO. The van der Waals surface area contributed by atoms with E-state index in [1.54, 1.807) is 6.07 Å². The van der Waals surface area contributed by atoms with Crippen LogP contribution >= 0.6 is 11.6 Å². The number of aliphatic hydroxyl groups excluding tert-OH is 1. The summed E-state index contributed by atoms with van der Waals surface area (Å²) < 4.78 is 0. The zero-order valence-electron chi connectivity index (χ0n) is 7.20. The molecule has 2 atom stereocenters. The third kappa shape index (κ3) is 1.57. The summed E-state index contributed by atoms with van der Waals surface area (Å²) in [7, 11) is 0. The lowest BCUT2D eigenvalue weighted by Gasteiger charge is -2.27. The second-order valence-corrected chi connectivity index (χ2v) is 3.93. The lowest BCUT2D eigenvalue weighted by atomic mass is 9.86. The highest BCUT2D eigenvalue weighted by atomic mass is 35.5. The van der Waals surface area contributed by atoms with E-state index in [1.807, 2.05) is 12.1 Å². The normalized spacial score (nSPS) is 27.0. The van der Waals surface area contributed by atoms with Crippen molar-refractivity contribution in [3.05, 3.63) is 34.3 Å². The molecule has 1 aromatic rings. The number of halogens is 1. The van der Waals surface area contributed by atoms with E-state index >= 15 is 0 Å². The van der Waals surface area contributed by atoms with Crippen molar-refractivity contribution in [2.75, 3.05) is 0 Å². The molecule has 0 radical (unpaired) electrons. The maximum atomic E-state index is 9.77. The Kier molecular flexibility index (Phi) is 2.28. The van der Waals surface area contributed by atoms with Gasteiger partial charge in [0.15, 0.2) is 0 Å². The van der Waals surface area contributed by atoms with Gasteiger partial charge in [0.1, 0.15) is 0 Å². The number of fused-ring (bicyclic) bond motifs is 1. The second kappa shape index (κ2) is 3.29. The molecule has 2 rings (SSSR count). The first-order valence-corrected chi connectivity index (χ1v) is 4.78. The van der Waals surface area contributed by atoms with Gasteiger partial charge in [0.25, 0.3) is 0 Å². The number of hydrogen-bond acceptors (Lipinski definition) is 2. The molecule has 0 unspecified atom stereocenters. The maximum Gasteiger partial charge on any atom is 0.0944 e. The Morgan fingerprint density at radius 1 is 1.46 bits per heavy atom. The van der Waals surface area contributed by atoms with Crippen molar-refractivity contribution in [3.63, 3.8) is 0 Å². The van der Waals surface area contributed by atoms with Gasteiger partial charge in [-0.1, -0.05) is 17.7 Å². The zero-order valence-corrected chi connectivity index (χ0v) is 7.96. The van der Waals surface area contributed by atoms with Crippen molar-refractivity contribution in [2.24, 2.45) is 5.73 Å². The van der Waals surface area contributed by atoms with Gasteiger partial charge in [-0.15, -0.1) is 0 Å². The van der Waals surface area contributed by atoms with Crippen LogP contribution in [0.2, 0.25) is 5.02 Å². The van der Waals surface area contributed by atoms with E-state index in [1.165, 1.54) is 5.56 Å². The molecule has 3 heteroatoms. The van der Waals surface area contributed by atoms with Crippen LogP contribution in [0.15, 0.2) is 18.2 Å². The quantitative estimate of drug-likeness (QED) is 0.665. The number of benzene rings is 1. The summed E-state index contributed by atoms with van der Waals surface area (Å²) in [6, 6.07) is 5.48. The van der Waals surface area contributed by atoms with E-state index in [4.69, 9.17) is 17.3 Å². The first-order valence-electron chi connectivity index (χ1n) is 4.40. The minimum Gasteiger partial charge on any atom is -0.387 e. The fraction of sp³-hybridized carbons (Fsp3) is 0.400. The first-order chi connectivity index (χ1) is 6.18. The molecular weight excluding hydrogens is 186 g/mol. The molecule has 0 aromatic heterocycles. The summed E-state index contributed by atoms with van der Waals surface area (Å²) in [5.74, 6) is 0. The third-order valence-corrected chi connectivity index (χ3v) is 2.81. The minimum atomic E-state index is -0.553. The summed E-state index contributed by atoms with van der Waals surface area (Å²) in [5, 5.41) is 10.4. The summed E-state index contributed by atoms with van der Waals surface area (Å²) in [4.78, 5) is 0. The van der Waals surface area contributed by atoms with Crippen molar-refractivity contribution in [2.45, 2.75) is 25.0 Å². The van der Waals surface area contributed by atoms with Crippen LogP contribution in [0.3, 0.4) is 0 Å². The van der Waals surface area contributed by atoms with Gasteiger partial charge in [-0.2, -0.15) is 0 Å². The standard InChI is InChI=1S/C10H12ClNO/c11-7-3-1-6-2-4-9(12)10(13)8(6)5-7/h1,3,5,9-10,13H,2,4,12H2/t9-,10-/m1/s1. The molecule has 1 aliphatic rings. The van der Waals surface area contributed by atoms with Crippen LogP contribution in [0.4, 0.5) is 0 Å². The number of aryl methyl sites for hydroxylation is 1. The molecule has 0 bridgehead atoms. The Labute approximate surface area is 82.3 Å². The van der Waals surface area contributed by atoms with E-state index < -0.39 is 6.10 Å². The van der Waals surface area contributed by atoms with Crippen molar-refractivity contribution < 1.29 is 5.11 Å². The van der Waals surface area contributed by atoms with Crippen molar-refractivity contribution >= 4 is 11.6 Å². The van der Waals surface area contributed by atoms with Gasteiger partial charge in [-0.05, 0) is 36.1 Å². The lowest BCUT2D eigenvalue weighted by Crippen LogP contribution is -2.32. The van der Waals surface area contributed by atoms with Crippen molar-refractivity contribution in [1.82, 2.24) is 0 Å². The summed E-state index contributed by atoms with van der Waals surface area (Å²) in [5.41, 5.74) is 7.81. The predicted molar refractivity (Wildman–Crippen MR) is 52.7 cm³/mol. The highest BCUT2D eigenvalue weighted by molar-refractivity contribution is 6.30. The Bertz CT molecular complexity index is 327. The molecule has 1 aromatic carbocycles. The monoisotopic (exact) mass is 197 g/mol. The van der Waals surface area contributed by atoms with Crippen LogP contribution in [0, 0.1) is 0 Å². The molecule has 0 saturated carbocycles. The number of nitrogens with two attached hydrogens (primary N) is 1. The molecule has 0 saturated heterocycles. The summed E-state index contributed by atoms with van der Waals surface area (Å²) >= 11 is 5.84. The molecule has 3 N–H and O–H groups in total. The Balaban J connectivity index is 2.45. The molecule has 0 heterocycles. The van der Waals surface area contributed by atoms with Gasteiger partial charge in [0.05, 0.1) is 6.10 Å². The maximum absolute atomic E-state index is 9.77. The van der Waals surface area contributed by atoms with Crippen LogP contribution in [0.5, 0.6) is 0 Å². The van der Waals surface area contributed by atoms with Gasteiger partial charge in [0.2, 0.25) is 0 Å². The van der Waals surface area contributed by atoms with Crippen LogP contribution in [0.25, 0.3) is 0 Å². The summed E-state index contributed by atoms with van der Waals surface area (Å²) in [6.45, 7) is 0. The Hall–Kier alpha value is -0.570. The Morgan fingerprint density at radius 2 is 2.23 bits per heavy atom. The summed E-state index contributed by atoms with van der Waals surface area (Å²) in [6.07, 6.45) is 1.23. The van der Waals surface area contributed by atoms with Gasteiger partial charge in [-0.3, -0.25) is 0 Å². The molecule has 0 amide bonds. The molecule has 0 aliphatic heterocycles. The van der Waals surface area contributed by atoms with Gasteiger partial charge in [-0.25, -0.2) is 0 Å². The average Bonchev–Trinajstić information content (AvgIpc) is 2.12. The van der Waals surface area contributed by atoms with Crippen molar-refractivity contribution in [3.8, 4) is 0 Å². The van der Waals surface area contributed by atoms with E-state index in [0.717, 1.165) is 18.4 Å². The van der Waals surface area contributed by atoms with Gasteiger partial charge in [0, 0.05) is 11.1 Å². The van der Waals surface area contributed by atoms with Gasteiger partial charge >= 0.3 is 0 Å². The third-order valence-electron chi connectivity index (χ3n) is 2.58. The van der Waals surface area contributed by atoms with Crippen LogP contribution in [-0.2, 0) is 6.42 Å². The number of aliphatic hydroxyl groups is 1. The largest absolute Gasteiger partial charge is 0.387 e. The molecule has 0 fully saturated rings. The van der Waals surface area contributed by atoms with E-state index in [9.17, 15) is 5.11 Å². The highest BCUT2D eigenvalue weighted by Gasteiger charge is 2.24.